The third-order valence-electron chi connectivity index (χ3n) is 2.34. The van der Waals surface area contributed by atoms with Gasteiger partial charge in [0, 0.05) is 12.5 Å². The summed E-state index contributed by atoms with van der Waals surface area (Å²) in [5.74, 6) is 2.68. The van der Waals surface area contributed by atoms with Crippen LogP contribution in [0.25, 0.3) is 0 Å². The van der Waals surface area contributed by atoms with Crippen LogP contribution in [0.15, 0.2) is 0 Å². The second-order valence-electron chi connectivity index (χ2n) is 4.10. The lowest BCUT2D eigenvalue weighted by atomic mass is 10.2. The summed E-state index contributed by atoms with van der Waals surface area (Å²) in [6.45, 7) is 5.42. The number of carbonyl (C=O) groups is 1. The first-order chi connectivity index (χ1) is 7.70. The Hall–Kier alpha value is -1.01. The Labute approximate surface area is 99.4 Å². The minimum Gasteiger partial charge on any atom is -0.353 e. The fourth-order valence-corrected chi connectivity index (χ4v) is 1.51. The smallest absolute Gasteiger partial charge is 0.234 e. The SMILES string of the molecule is C#CCCCCNCC(=O)NC(C)CCC. The molecule has 0 rings (SSSR count). The minimum atomic E-state index is 0.0814. The van der Waals surface area contributed by atoms with Gasteiger partial charge in [0.1, 0.15) is 0 Å². The Morgan fingerprint density at radius 1 is 1.44 bits per heavy atom. The van der Waals surface area contributed by atoms with Crippen LogP contribution in [0.5, 0.6) is 0 Å². The van der Waals surface area contributed by atoms with Gasteiger partial charge in [-0.3, -0.25) is 4.79 Å². The summed E-state index contributed by atoms with van der Waals surface area (Å²) in [6.07, 6.45) is 10.1. The monoisotopic (exact) mass is 224 g/mol. The van der Waals surface area contributed by atoms with Gasteiger partial charge in [-0.05, 0) is 32.7 Å². The topological polar surface area (TPSA) is 41.1 Å². The van der Waals surface area contributed by atoms with E-state index in [9.17, 15) is 4.79 Å². The van der Waals surface area contributed by atoms with Gasteiger partial charge in [-0.1, -0.05) is 13.3 Å². The largest absolute Gasteiger partial charge is 0.353 e. The number of unbranched alkanes of at least 4 members (excludes halogenated alkanes) is 2. The lowest BCUT2D eigenvalue weighted by molar-refractivity contribution is -0.120. The second-order valence-corrected chi connectivity index (χ2v) is 4.10. The predicted molar refractivity (Wildman–Crippen MR) is 68.1 cm³/mol. The maximum Gasteiger partial charge on any atom is 0.234 e. The third kappa shape index (κ3) is 9.54. The van der Waals surface area contributed by atoms with Crippen molar-refractivity contribution in [3.63, 3.8) is 0 Å². The third-order valence-corrected chi connectivity index (χ3v) is 2.34. The Morgan fingerprint density at radius 3 is 2.81 bits per heavy atom. The summed E-state index contributed by atoms with van der Waals surface area (Å²) >= 11 is 0. The molecule has 0 aromatic heterocycles. The molecule has 0 aliphatic carbocycles. The molecule has 0 radical (unpaired) electrons. The molecular weight excluding hydrogens is 200 g/mol. The average molecular weight is 224 g/mol. The summed E-state index contributed by atoms with van der Waals surface area (Å²) in [4.78, 5) is 11.4. The lowest BCUT2D eigenvalue weighted by Crippen LogP contribution is -2.39. The summed E-state index contributed by atoms with van der Waals surface area (Å²) in [7, 11) is 0. The fraction of sp³-hybridized carbons (Fsp3) is 0.769. The van der Waals surface area contributed by atoms with Crippen LogP contribution >= 0.6 is 0 Å². The molecule has 92 valence electrons. The lowest BCUT2D eigenvalue weighted by Gasteiger charge is -2.12. The fourth-order valence-electron chi connectivity index (χ4n) is 1.51. The van der Waals surface area contributed by atoms with E-state index in [1.54, 1.807) is 0 Å². The molecule has 0 aromatic rings. The van der Waals surface area contributed by atoms with Crippen molar-refractivity contribution in [3.8, 4) is 12.3 Å². The van der Waals surface area contributed by atoms with Crippen molar-refractivity contribution in [3.05, 3.63) is 0 Å². The van der Waals surface area contributed by atoms with E-state index in [1.807, 2.05) is 6.92 Å². The average Bonchev–Trinajstić information content (AvgIpc) is 2.23. The molecule has 3 heteroatoms. The molecule has 0 heterocycles. The normalized spacial score (nSPS) is 11.8. The Morgan fingerprint density at radius 2 is 2.19 bits per heavy atom. The van der Waals surface area contributed by atoms with Crippen LogP contribution in [0.2, 0.25) is 0 Å². The van der Waals surface area contributed by atoms with Crippen LogP contribution in [-0.2, 0) is 4.79 Å². The zero-order valence-electron chi connectivity index (χ0n) is 10.5. The van der Waals surface area contributed by atoms with Gasteiger partial charge in [0.25, 0.3) is 0 Å². The minimum absolute atomic E-state index is 0.0814. The van der Waals surface area contributed by atoms with Crippen molar-refractivity contribution in [2.75, 3.05) is 13.1 Å². The highest BCUT2D eigenvalue weighted by atomic mass is 16.1. The van der Waals surface area contributed by atoms with Gasteiger partial charge in [0.2, 0.25) is 5.91 Å². The number of rotatable bonds is 9. The molecule has 0 fully saturated rings. The van der Waals surface area contributed by atoms with Gasteiger partial charge >= 0.3 is 0 Å². The zero-order valence-corrected chi connectivity index (χ0v) is 10.5. The van der Waals surface area contributed by atoms with E-state index in [2.05, 4.69) is 23.5 Å². The van der Waals surface area contributed by atoms with E-state index in [0.717, 1.165) is 38.6 Å². The maximum atomic E-state index is 11.4. The summed E-state index contributed by atoms with van der Waals surface area (Å²) < 4.78 is 0. The van der Waals surface area contributed by atoms with Crippen molar-refractivity contribution in [1.29, 1.82) is 0 Å². The molecule has 0 aliphatic heterocycles. The number of hydrogen-bond donors (Lipinski definition) is 2. The summed E-state index contributed by atoms with van der Waals surface area (Å²) in [5, 5.41) is 6.06. The van der Waals surface area contributed by atoms with E-state index in [0.29, 0.717) is 6.54 Å². The van der Waals surface area contributed by atoms with Gasteiger partial charge in [-0.15, -0.1) is 12.3 Å². The first kappa shape index (κ1) is 15.0. The molecule has 2 N–H and O–H groups in total. The zero-order chi connectivity index (χ0) is 12.2. The number of hydrogen-bond acceptors (Lipinski definition) is 2. The number of amides is 1. The van der Waals surface area contributed by atoms with Crippen LogP contribution in [0.3, 0.4) is 0 Å². The standard InChI is InChI=1S/C13H24N2O/c1-4-6-7-8-10-14-11-13(16)15-12(3)9-5-2/h1,12,14H,5-11H2,2-3H3,(H,15,16). The Balaban J connectivity index is 3.34. The van der Waals surface area contributed by atoms with E-state index in [4.69, 9.17) is 6.42 Å². The van der Waals surface area contributed by atoms with Gasteiger partial charge in [0.15, 0.2) is 0 Å². The van der Waals surface area contributed by atoms with Crippen LogP contribution in [-0.4, -0.2) is 25.0 Å². The van der Waals surface area contributed by atoms with Gasteiger partial charge in [-0.2, -0.15) is 0 Å². The van der Waals surface area contributed by atoms with E-state index in [1.165, 1.54) is 0 Å². The van der Waals surface area contributed by atoms with Crippen molar-refractivity contribution < 1.29 is 4.79 Å². The molecule has 1 atom stereocenters. The van der Waals surface area contributed by atoms with E-state index in [-0.39, 0.29) is 11.9 Å². The number of terminal acetylenes is 1. The quantitative estimate of drug-likeness (QED) is 0.462. The molecule has 0 saturated heterocycles. The molecule has 1 unspecified atom stereocenters. The second kappa shape index (κ2) is 10.5. The van der Waals surface area contributed by atoms with E-state index >= 15 is 0 Å². The maximum absolute atomic E-state index is 11.4. The van der Waals surface area contributed by atoms with Crippen molar-refractivity contribution in [1.82, 2.24) is 10.6 Å². The highest BCUT2D eigenvalue weighted by molar-refractivity contribution is 5.78. The molecule has 16 heavy (non-hydrogen) atoms. The summed E-state index contributed by atoms with van der Waals surface area (Å²) in [6, 6.07) is 0.278. The molecule has 0 spiro atoms. The molecule has 0 saturated carbocycles. The molecule has 0 aromatic carbocycles. The Kier molecular flexibility index (Phi) is 9.84. The predicted octanol–water partition coefficient (Wildman–Crippen LogP) is 1.68. The molecule has 0 aliphatic rings. The van der Waals surface area contributed by atoms with E-state index < -0.39 is 0 Å². The highest BCUT2D eigenvalue weighted by Crippen LogP contribution is 1.94. The van der Waals surface area contributed by atoms with Crippen LogP contribution in [0.1, 0.15) is 46.0 Å². The first-order valence-corrected chi connectivity index (χ1v) is 6.14. The van der Waals surface area contributed by atoms with Crippen LogP contribution in [0.4, 0.5) is 0 Å². The molecule has 0 bridgehead atoms. The van der Waals surface area contributed by atoms with Crippen molar-refractivity contribution in [2.45, 2.75) is 52.0 Å². The Bertz CT molecular complexity index is 220. The van der Waals surface area contributed by atoms with Crippen molar-refractivity contribution in [2.24, 2.45) is 0 Å². The van der Waals surface area contributed by atoms with Crippen LogP contribution in [0, 0.1) is 12.3 Å². The number of nitrogens with one attached hydrogen (secondary N) is 2. The highest BCUT2D eigenvalue weighted by Gasteiger charge is 2.04. The van der Waals surface area contributed by atoms with Gasteiger partial charge < -0.3 is 10.6 Å². The molecule has 1 amide bonds. The first-order valence-electron chi connectivity index (χ1n) is 6.14. The van der Waals surface area contributed by atoms with Gasteiger partial charge in [0.05, 0.1) is 6.54 Å². The van der Waals surface area contributed by atoms with Gasteiger partial charge in [-0.25, -0.2) is 0 Å². The number of carbonyl (C=O) groups excluding carboxylic acids is 1. The molecule has 3 nitrogen and oxygen atoms in total. The molecular formula is C13H24N2O. The summed E-state index contributed by atoms with van der Waals surface area (Å²) in [5.41, 5.74) is 0. The van der Waals surface area contributed by atoms with Crippen molar-refractivity contribution >= 4 is 5.91 Å². The van der Waals surface area contributed by atoms with Crippen LogP contribution < -0.4 is 10.6 Å².